The molecule has 1 aromatic carbocycles. The summed E-state index contributed by atoms with van der Waals surface area (Å²) in [5.41, 5.74) is 0.562. The number of para-hydroxylation sites is 1. The highest BCUT2D eigenvalue weighted by molar-refractivity contribution is 5.84. The summed E-state index contributed by atoms with van der Waals surface area (Å²) < 4.78 is 12.9. The van der Waals surface area contributed by atoms with Crippen molar-refractivity contribution in [3.05, 3.63) is 34.9 Å². The molecule has 1 saturated heterocycles. The fourth-order valence-corrected chi connectivity index (χ4v) is 2.66. The summed E-state index contributed by atoms with van der Waals surface area (Å²) in [7, 11) is 0. The monoisotopic (exact) mass is 244 g/mol. The van der Waals surface area contributed by atoms with Gasteiger partial charge in [0.05, 0.1) is 24.1 Å². The van der Waals surface area contributed by atoms with E-state index in [0.717, 1.165) is 16.7 Å². The largest absolute Gasteiger partial charge is 0.491 e. The second-order valence-electron chi connectivity index (χ2n) is 5.10. The van der Waals surface area contributed by atoms with E-state index in [1.165, 1.54) is 0 Å². The smallest absolute Gasteiger partial charge is 0.348 e. The van der Waals surface area contributed by atoms with E-state index in [2.05, 4.69) is 4.98 Å². The molecule has 0 unspecified atom stereocenters. The van der Waals surface area contributed by atoms with Crippen LogP contribution in [0.15, 0.2) is 29.2 Å². The zero-order valence-corrected chi connectivity index (χ0v) is 9.76. The van der Waals surface area contributed by atoms with Crippen molar-refractivity contribution in [2.45, 2.75) is 6.54 Å². The van der Waals surface area contributed by atoms with Crippen molar-refractivity contribution in [1.82, 2.24) is 9.55 Å². The Morgan fingerprint density at radius 1 is 1.28 bits per heavy atom. The van der Waals surface area contributed by atoms with Gasteiger partial charge in [-0.1, -0.05) is 12.1 Å². The van der Waals surface area contributed by atoms with Crippen LogP contribution in [0.2, 0.25) is 0 Å². The number of rotatable bonds is 0. The molecule has 5 nitrogen and oxygen atoms in total. The third-order valence-electron chi connectivity index (χ3n) is 3.69. The molecule has 2 aromatic rings. The maximum atomic E-state index is 12.0. The van der Waals surface area contributed by atoms with Crippen LogP contribution in [-0.2, 0) is 11.3 Å². The van der Waals surface area contributed by atoms with Crippen molar-refractivity contribution in [2.75, 3.05) is 19.8 Å². The third-order valence-corrected chi connectivity index (χ3v) is 3.69. The highest BCUT2D eigenvalue weighted by Crippen LogP contribution is 2.36. The lowest BCUT2D eigenvalue weighted by Gasteiger charge is -2.39. The van der Waals surface area contributed by atoms with Crippen LogP contribution in [0.25, 0.3) is 10.9 Å². The lowest BCUT2D eigenvalue weighted by Crippen LogP contribution is -2.50. The maximum absolute atomic E-state index is 12.0. The molecule has 0 bridgehead atoms. The van der Waals surface area contributed by atoms with Crippen LogP contribution in [0.3, 0.4) is 0 Å². The van der Waals surface area contributed by atoms with Crippen LogP contribution in [0, 0.1) is 5.41 Å². The predicted molar refractivity (Wildman–Crippen MR) is 64.8 cm³/mol. The van der Waals surface area contributed by atoms with E-state index >= 15 is 0 Å². The zero-order chi connectivity index (χ0) is 12.2. The van der Waals surface area contributed by atoms with E-state index < -0.39 is 0 Å². The van der Waals surface area contributed by atoms with Crippen molar-refractivity contribution in [3.8, 4) is 5.75 Å². The second kappa shape index (κ2) is 3.32. The lowest BCUT2D eigenvalue weighted by molar-refractivity contribution is -0.137. The minimum absolute atomic E-state index is 0.0706. The molecule has 0 atom stereocenters. The molecule has 2 aliphatic heterocycles. The van der Waals surface area contributed by atoms with Gasteiger partial charge >= 0.3 is 5.69 Å². The molecule has 4 rings (SSSR count). The Kier molecular flexibility index (Phi) is 1.86. The van der Waals surface area contributed by atoms with E-state index in [1.54, 1.807) is 10.8 Å². The highest BCUT2D eigenvalue weighted by Gasteiger charge is 2.42. The Labute approximate surface area is 103 Å². The van der Waals surface area contributed by atoms with E-state index in [-0.39, 0.29) is 11.1 Å². The quantitative estimate of drug-likeness (QED) is 0.688. The normalized spacial score (nSPS) is 20.2. The Bertz CT molecular complexity index is 688. The van der Waals surface area contributed by atoms with E-state index in [9.17, 15) is 4.79 Å². The predicted octanol–water partition coefficient (Wildman–Crippen LogP) is 0.806. The molecular formula is C13H12N2O3. The van der Waals surface area contributed by atoms with Gasteiger partial charge in [-0.2, -0.15) is 0 Å². The maximum Gasteiger partial charge on any atom is 0.348 e. The first-order chi connectivity index (χ1) is 8.77. The summed E-state index contributed by atoms with van der Waals surface area (Å²) in [6.07, 6.45) is 1.61. The number of aromatic nitrogens is 2. The number of ether oxygens (including phenoxy) is 2. The topological polar surface area (TPSA) is 53.4 Å². The molecule has 18 heavy (non-hydrogen) atoms. The highest BCUT2D eigenvalue weighted by atomic mass is 16.5. The first-order valence-corrected chi connectivity index (χ1v) is 5.97. The zero-order valence-electron chi connectivity index (χ0n) is 9.76. The molecule has 0 saturated carbocycles. The van der Waals surface area contributed by atoms with Gasteiger partial charge in [-0.05, 0) is 6.07 Å². The molecule has 5 heteroatoms. The summed E-state index contributed by atoms with van der Waals surface area (Å²) in [6.45, 7) is 2.49. The van der Waals surface area contributed by atoms with Gasteiger partial charge in [0.1, 0.15) is 12.4 Å². The Morgan fingerprint density at radius 3 is 2.94 bits per heavy atom. The second-order valence-corrected chi connectivity index (χ2v) is 5.10. The lowest BCUT2D eigenvalue weighted by atomic mass is 9.87. The van der Waals surface area contributed by atoms with Crippen molar-refractivity contribution >= 4 is 10.9 Å². The first kappa shape index (κ1) is 10.1. The molecule has 92 valence electrons. The molecule has 0 N–H and O–H groups in total. The number of benzene rings is 1. The average Bonchev–Trinajstić information content (AvgIpc) is 2.52. The average molecular weight is 244 g/mol. The fourth-order valence-electron chi connectivity index (χ4n) is 2.66. The minimum Gasteiger partial charge on any atom is -0.491 e. The Balaban J connectivity index is 2.03. The van der Waals surface area contributed by atoms with Gasteiger partial charge in [0.15, 0.2) is 0 Å². The SMILES string of the molecule is O=c1ncc2cccc3c2n1CC1(COC1)CO3. The first-order valence-electron chi connectivity index (χ1n) is 5.97. The van der Waals surface area contributed by atoms with Crippen molar-refractivity contribution < 1.29 is 9.47 Å². The van der Waals surface area contributed by atoms with Crippen LogP contribution in [-0.4, -0.2) is 29.4 Å². The molecule has 3 heterocycles. The van der Waals surface area contributed by atoms with Crippen molar-refractivity contribution in [3.63, 3.8) is 0 Å². The summed E-state index contributed by atoms with van der Waals surface area (Å²) in [6, 6.07) is 5.76. The number of hydrogen-bond donors (Lipinski definition) is 0. The summed E-state index contributed by atoms with van der Waals surface area (Å²) >= 11 is 0. The van der Waals surface area contributed by atoms with Crippen LogP contribution in [0.1, 0.15) is 0 Å². The third kappa shape index (κ3) is 1.25. The van der Waals surface area contributed by atoms with Gasteiger partial charge < -0.3 is 9.47 Å². The fraction of sp³-hybridized carbons (Fsp3) is 0.385. The molecule has 1 spiro atoms. The van der Waals surface area contributed by atoms with Crippen LogP contribution in [0.4, 0.5) is 0 Å². The Morgan fingerprint density at radius 2 is 2.17 bits per heavy atom. The molecule has 2 aliphatic rings. The number of hydrogen-bond acceptors (Lipinski definition) is 4. The van der Waals surface area contributed by atoms with Crippen LogP contribution in [0.5, 0.6) is 5.75 Å². The van der Waals surface area contributed by atoms with Gasteiger partial charge in [-0.3, -0.25) is 4.57 Å². The Hall–Kier alpha value is -1.88. The van der Waals surface area contributed by atoms with Gasteiger partial charge in [0.25, 0.3) is 0 Å². The molecule has 0 aliphatic carbocycles. The summed E-state index contributed by atoms with van der Waals surface area (Å²) in [5.74, 6) is 0.760. The van der Waals surface area contributed by atoms with E-state index in [1.807, 2.05) is 18.2 Å². The molecular weight excluding hydrogens is 232 g/mol. The van der Waals surface area contributed by atoms with Gasteiger partial charge in [0, 0.05) is 18.1 Å². The van der Waals surface area contributed by atoms with Crippen molar-refractivity contribution in [2.24, 2.45) is 5.41 Å². The standard InChI is InChI=1S/C13H12N2O3/c16-12-14-4-9-2-1-3-10-11(9)15(12)5-13(8-18-10)6-17-7-13/h1-4H,5-8H2. The molecule has 0 amide bonds. The summed E-state index contributed by atoms with van der Waals surface area (Å²) in [5, 5.41) is 0.935. The summed E-state index contributed by atoms with van der Waals surface area (Å²) in [4.78, 5) is 15.9. The van der Waals surface area contributed by atoms with Crippen LogP contribution >= 0.6 is 0 Å². The molecule has 1 aromatic heterocycles. The van der Waals surface area contributed by atoms with E-state index in [4.69, 9.17) is 9.47 Å². The van der Waals surface area contributed by atoms with Gasteiger partial charge in [-0.15, -0.1) is 0 Å². The number of nitrogens with zero attached hydrogens (tertiary/aromatic N) is 2. The van der Waals surface area contributed by atoms with E-state index in [0.29, 0.717) is 26.4 Å². The van der Waals surface area contributed by atoms with Gasteiger partial charge in [-0.25, -0.2) is 9.78 Å². The molecule has 1 fully saturated rings. The van der Waals surface area contributed by atoms with Gasteiger partial charge in [0.2, 0.25) is 0 Å². The van der Waals surface area contributed by atoms with Crippen molar-refractivity contribution in [1.29, 1.82) is 0 Å². The minimum atomic E-state index is -0.216. The van der Waals surface area contributed by atoms with Crippen LogP contribution < -0.4 is 10.4 Å². The molecule has 0 radical (unpaired) electrons.